The SMILES string of the molecule is O=C(NCCCCN1C(=O)CSC1=O)c1csc2c1CCCC2. The summed E-state index contributed by atoms with van der Waals surface area (Å²) in [6.07, 6.45) is 5.99. The molecule has 1 aromatic rings. The molecule has 0 radical (unpaired) electrons. The predicted molar refractivity (Wildman–Crippen MR) is 92.1 cm³/mol. The minimum absolute atomic E-state index is 0.00767. The lowest BCUT2D eigenvalue weighted by molar-refractivity contribution is -0.124. The first-order valence-electron chi connectivity index (χ1n) is 8.01. The fraction of sp³-hybridized carbons (Fsp3) is 0.562. The van der Waals surface area contributed by atoms with Gasteiger partial charge in [0.05, 0.1) is 11.3 Å². The fourth-order valence-electron chi connectivity index (χ4n) is 2.97. The highest BCUT2D eigenvalue weighted by Gasteiger charge is 2.29. The number of thiophene rings is 1. The van der Waals surface area contributed by atoms with Crippen molar-refractivity contribution >= 4 is 40.2 Å². The molecular formula is C16H20N2O3S2. The van der Waals surface area contributed by atoms with Gasteiger partial charge in [-0.2, -0.15) is 0 Å². The molecule has 1 aliphatic heterocycles. The third-order valence-electron chi connectivity index (χ3n) is 4.24. The van der Waals surface area contributed by atoms with Gasteiger partial charge in [-0.05, 0) is 44.1 Å². The quantitative estimate of drug-likeness (QED) is 0.800. The van der Waals surface area contributed by atoms with Crippen molar-refractivity contribution in [3.05, 3.63) is 21.4 Å². The number of thioether (sulfide) groups is 1. The molecule has 3 amide bonds. The molecule has 0 unspecified atom stereocenters. The molecule has 0 bridgehead atoms. The average Bonchev–Trinajstić information content (AvgIpc) is 3.12. The first kappa shape index (κ1) is 16.5. The number of nitrogens with one attached hydrogen (secondary N) is 1. The Balaban J connectivity index is 1.41. The Morgan fingerprint density at radius 3 is 2.83 bits per heavy atom. The third-order valence-corrected chi connectivity index (χ3v) is 6.19. The first-order chi connectivity index (χ1) is 11.2. The van der Waals surface area contributed by atoms with Crippen molar-refractivity contribution in [3.8, 4) is 0 Å². The van der Waals surface area contributed by atoms with Crippen molar-refractivity contribution in [1.29, 1.82) is 0 Å². The molecule has 1 saturated heterocycles. The Kier molecular flexibility index (Phi) is 5.38. The van der Waals surface area contributed by atoms with Gasteiger partial charge in [-0.3, -0.25) is 19.3 Å². The van der Waals surface area contributed by atoms with Crippen molar-refractivity contribution < 1.29 is 14.4 Å². The van der Waals surface area contributed by atoms with Crippen LogP contribution in [-0.2, 0) is 17.6 Å². The third kappa shape index (κ3) is 3.77. The number of amides is 3. The van der Waals surface area contributed by atoms with Crippen LogP contribution in [0, 0.1) is 0 Å². The summed E-state index contributed by atoms with van der Waals surface area (Å²) < 4.78 is 0. The summed E-state index contributed by atoms with van der Waals surface area (Å²) in [6, 6.07) is 0. The summed E-state index contributed by atoms with van der Waals surface area (Å²) in [7, 11) is 0. The Morgan fingerprint density at radius 2 is 2.04 bits per heavy atom. The second-order valence-electron chi connectivity index (χ2n) is 5.82. The molecule has 124 valence electrons. The van der Waals surface area contributed by atoms with E-state index in [4.69, 9.17) is 0 Å². The van der Waals surface area contributed by atoms with Crippen LogP contribution < -0.4 is 5.32 Å². The molecule has 23 heavy (non-hydrogen) atoms. The van der Waals surface area contributed by atoms with Crippen LogP contribution in [0.15, 0.2) is 5.38 Å². The van der Waals surface area contributed by atoms with E-state index in [0.717, 1.165) is 43.0 Å². The van der Waals surface area contributed by atoms with Crippen LogP contribution in [0.1, 0.15) is 46.5 Å². The summed E-state index contributed by atoms with van der Waals surface area (Å²) in [5, 5.41) is 4.78. The highest BCUT2D eigenvalue weighted by Crippen LogP contribution is 2.30. The maximum absolute atomic E-state index is 12.3. The zero-order valence-electron chi connectivity index (χ0n) is 12.9. The number of hydrogen-bond acceptors (Lipinski definition) is 5. The summed E-state index contributed by atoms with van der Waals surface area (Å²) >= 11 is 2.76. The molecule has 0 saturated carbocycles. The summed E-state index contributed by atoms with van der Waals surface area (Å²) in [4.78, 5) is 37.9. The van der Waals surface area contributed by atoms with Gasteiger partial charge in [-0.1, -0.05) is 11.8 Å². The molecule has 1 fully saturated rings. The highest BCUT2D eigenvalue weighted by molar-refractivity contribution is 8.14. The maximum atomic E-state index is 12.3. The minimum Gasteiger partial charge on any atom is -0.352 e. The largest absolute Gasteiger partial charge is 0.352 e. The van der Waals surface area contributed by atoms with Crippen LogP contribution in [0.2, 0.25) is 0 Å². The van der Waals surface area contributed by atoms with Gasteiger partial charge in [0.1, 0.15) is 0 Å². The van der Waals surface area contributed by atoms with Gasteiger partial charge in [0.15, 0.2) is 0 Å². The number of rotatable bonds is 6. The van der Waals surface area contributed by atoms with Crippen molar-refractivity contribution in [2.45, 2.75) is 38.5 Å². The van der Waals surface area contributed by atoms with Gasteiger partial charge in [0, 0.05) is 23.3 Å². The van der Waals surface area contributed by atoms with E-state index in [2.05, 4.69) is 5.32 Å². The van der Waals surface area contributed by atoms with Gasteiger partial charge in [-0.15, -0.1) is 11.3 Å². The molecule has 0 atom stereocenters. The Labute approximate surface area is 143 Å². The van der Waals surface area contributed by atoms with E-state index in [9.17, 15) is 14.4 Å². The van der Waals surface area contributed by atoms with Gasteiger partial charge in [0.25, 0.3) is 11.1 Å². The van der Waals surface area contributed by atoms with Crippen LogP contribution in [0.25, 0.3) is 0 Å². The molecule has 1 aliphatic carbocycles. The number of carbonyl (C=O) groups is 3. The molecular weight excluding hydrogens is 332 g/mol. The summed E-state index contributed by atoms with van der Waals surface area (Å²) in [5.41, 5.74) is 2.08. The smallest absolute Gasteiger partial charge is 0.288 e. The Morgan fingerprint density at radius 1 is 1.22 bits per heavy atom. The molecule has 2 heterocycles. The van der Waals surface area contributed by atoms with Gasteiger partial charge in [0.2, 0.25) is 5.91 Å². The zero-order chi connectivity index (χ0) is 16.2. The number of aryl methyl sites for hydroxylation is 1. The lowest BCUT2D eigenvalue weighted by Gasteiger charge is -2.13. The number of hydrogen-bond donors (Lipinski definition) is 1. The molecule has 2 aliphatic rings. The Hall–Kier alpha value is -1.34. The number of fused-ring (bicyclic) bond motifs is 1. The molecule has 0 aromatic carbocycles. The second kappa shape index (κ2) is 7.49. The van der Waals surface area contributed by atoms with Crippen LogP contribution in [0.5, 0.6) is 0 Å². The van der Waals surface area contributed by atoms with Gasteiger partial charge >= 0.3 is 0 Å². The standard InChI is InChI=1S/C16H20N2O3S2/c19-14-10-23-16(21)18(14)8-4-3-7-17-15(20)12-9-22-13-6-2-1-5-11(12)13/h9H,1-8,10H2,(H,17,20). The van der Waals surface area contributed by atoms with Crippen LogP contribution in [0.4, 0.5) is 4.79 Å². The van der Waals surface area contributed by atoms with Crippen LogP contribution >= 0.6 is 23.1 Å². The molecule has 1 N–H and O–H groups in total. The van der Waals surface area contributed by atoms with Crippen molar-refractivity contribution in [2.75, 3.05) is 18.8 Å². The van der Waals surface area contributed by atoms with E-state index in [-0.39, 0.29) is 22.8 Å². The van der Waals surface area contributed by atoms with Gasteiger partial charge < -0.3 is 5.32 Å². The van der Waals surface area contributed by atoms with Crippen LogP contribution in [0.3, 0.4) is 0 Å². The van der Waals surface area contributed by atoms with Gasteiger partial charge in [-0.25, -0.2) is 0 Å². The van der Waals surface area contributed by atoms with E-state index in [1.807, 2.05) is 5.38 Å². The average molecular weight is 352 g/mol. The highest BCUT2D eigenvalue weighted by atomic mass is 32.2. The minimum atomic E-state index is -0.149. The van der Waals surface area contributed by atoms with E-state index in [0.29, 0.717) is 13.1 Å². The van der Waals surface area contributed by atoms with E-state index in [1.54, 1.807) is 11.3 Å². The summed E-state index contributed by atoms with van der Waals surface area (Å²) in [5.74, 6) is 0.168. The molecule has 1 aromatic heterocycles. The lowest BCUT2D eigenvalue weighted by Crippen LogP contribution is -2.30. The summed E-state index contributed by atoms with van der Waals surface area (Å²) in [6.45, 7) is 1.03. The van der Waals surface area contributed by atoms with Crippen molar-refractivity contribution in [1.82, 2.24) is 10.2 Å². The van der Waals surface area contributed by atoms with Crippen molar-refractivity contribution in [3.63, 3.8) is 0 Å². The second-order valence-corrected chi connectivity index (χ2v) is 7.71. The number of carbonyl (C=O) groups excluding carboxylic acids is 3. The number of nitrogens with zero attached hydrogens (tertiary/aromatic N) is 1. The van der Waals surface area contributed by atoms with E-state index >= 15 is 0 Å². The van der Waals surface area contributed by atoms with Crippen molar-refractivity contribution in [2.24, 2.45) is 0 Å². The van der Waals surface area contributed by atoms with Crippen LogP contribution in [-0.4, -0.2) is 40.8 Å². The number of unbranched alkanes of at least 4 members (excludes halogenated alkanes) is 1. The predicted octanol–water partition coefficient (Wildman–Crippen LogP) is 2.83. The molecule has 3 rings (SSSR count). The molecule has 7 heteroatoms. The molecule has 0 spiro atoms. The van der Waals surface area contributed by atoms with E-state index in [1.165, 1.54) is 28.2 Å². The molecule has 5 nitrogen and oxygen atoms in total. The lowest BCUT2D eigenvalue weighted by atomic mass is 9.95. The Bertz CT molecular complexity index is 611. The maximum Gasteiger partial charge on any atom is 0.288 e. The normalized spacial score (nSPS) is 17.5. The number of imide groups is 1. The van der Waals surface area contributed by atoms with E-state index < -0.39 is 0 Å². The fourth-order valence-corrected chi connectivity index (χ4v) is 4.85. The topological polar surface area (TPSA) is 66.5 Å². The first-order valence-corrected chi connectivity index (χ1v) is 9.88. The monoisotopic (exact) mass is 352 g/mol. The zero-order valence-corrected chi connectivity index (χ0v) is 14.6.